The van der Waals surface area contributed by atoms with Crippen molar-refractivity contribution in [3.63, 3.8) is 0 Å². The fraction of sp³-hybridized carbons (Fsp3) is 0.122. The summed E-state index contributed by atoms with van der Waals surface area (Å²) in [6, 6.07) is 156. The first-order valence-electron chi connectivity index (χ1n) is 50.9. The van der Waals surface area contributed by atoms with Crippen LogP contribution in [-0.2, 0) is 10.8 Å². The van der Waals surface area contributed by atoms with Gasteiger partial charge in [-0.05, 0) is 247 Å². The van der Waals surface area contributed by atoms with E-state index in [-0.39, 0.29) is 16.9 Å². The first-order valence-corrected chi connectivity index (χ1v) is 52.9. The number of hydrogen-bond acceptors (Lipinski definition) is 3. The Hall–Kier alpha value is -17.0. The molecule has 11 nitrogen and oxygen atoms in total. The van der Waals surface area contributed by atoms with E-state index >= 15 is 0 Å². The van der Waals surface area contributed by atoms with Gasteiger partial charge in [-0.3, -0.25) is 0 Å². The van der Waals surface area contributed by atoms with Gasteiger partial charge in [-0.1, -0.05) is 272 Å². The van der Waals surface area contributed by atoms with E-state index < -0.39 is 7.81 Å². The molecule has 1 N–H and O–H groups in total. The van der Waals surface area contributed by atoms with Crippen molar-refractivity contribution in [1.82, 2.24) is 27.8 Å². The molecule has 1 unspecified atom stereocenters. The van der Waals surface area contributed by atoms with Crippen LogP contribution in [0.5, 0.6) is 5.75 Å². The molecule has 0 spiro atoms. The fourth-order valence-electron chi connectivity index (χ4n) is 21.9. The summed E-state index contributed by atoms with van der Waals surface area (Å²) in [5.74, 6) is 0.939. The molecule has 7 aromatic heterocycles. The summed E-state index contributed by atoms with van der Waals surface area (Å²) in [7, 11) is -8.57. The van der Waals surface area contributed by atoms with Crippen LogP contribution in [0.1, 0.15) is 95.5 Å². The Morgan fingerprint density at radius 2 is 0.658 bits per heavy atom. The van der Waals surface area contributed by atoms with Gasteiger partial charge in [-0.2, -0.15) is 9.14 Å². The molecule has 18 heteroatoms. The third-order valence-corrected chi connectivity index (χ3v) is 28.9. The molecule has 1 aliphatic carbocycles. The van der Waals surface area contributed by atoms with E-state index in [2.05, 4.69) is 547 Å². The number of nitrogens with zero attached hydrogens (tertiary/aromatic N) is 9. The van der Waals surface area contributed by atoms with Crippen LogP contribution in [-0.4, -0.2) is 58.9 Å². The van der Waals surface area contributed by atoms with Crippen molar-refractivity contribution in [3.8, 4) is 67.8 Å². The Kier molecular flexibility index (Phi) is 24.4. The zero-order valence-electron chi connectivity index (χ0n) is 83.8. The van der Waals surface area contributed by atoms with Gasteiger partial charge in [0.2, 0.25) is 12.2 Å². The maximum absolute atomic E-state index is 10.7. The molecule has 1 aliphatic heterocycles. The van der Waals surface area contributed by atoms with Crippen LogP contribution in [0.15, 0.2) is 456 Å². The molecule has 0 amide bonds. The molecule has 24 aromatic rings. The standard InChI is InChI=1S/C54H36N4.C41H28N3.C36H46N3O.F6P/c1-7-19-49-43(13-1)44-14-2-8-20-50(44)56(49)40-31-25-37(26-32-40)55(38-27-33-41(34-28-38)57-51-21-9-3-15-45(51)46-16-4-10-22-52(46)57)39-29-35-42(36-30-39)58-53-23-11-5-17-47(53)48-18-6-12-24-54(48)58;1-3-19-35-31(15-1)32-16-2-4-20-36(32)41(35)43-25-11-13-29(27-43)38-22-10-21-37(42-38)28-12-9-14-30(26-28)44-39-23-7-5-17-33(39)34-18-6-8-24-40(34)44;1-35(2,3)27-15-17-33-31(23-27)32-24-28(36(4,5)6)16-18-34(32)39(33)29-13-12-14-30(25-29)40-22-11-9-8-10-19-38-21-20-37(7)26-38;1-7(2,3,4,5)6/h1-36H;1-27,41H;12-18,20-21,23-26H,8-11,19,22H2,1-7H3;/q;2*+1;-1/p+1. The second-order valence-electron chi connectivity index (χ2n) is 40.9. The van der Waals surface area contributed by atoms with E-state index in [1.807, 2.05) is 0 Å². The molecule has 2 aliphatic rings. The molecule has 8 heterocycles. The van der Waals surface area contributed by atoms with Crippen molar-refractivity contribution in [2.45, 2.75) is 84.1 Å². The summed E-state index contributed by atoms with van der Waals surface area (Å²) in [4.78, 5) is 8.99. The number of unbranched alkanes of at least 4 members (excludes halogenated alkanes) is 3. The number of hydrogen-bond donors (Lipinski definition) is 1. The molecule has 1 atom stereocenters. The maximum atomic E-state index is 9.87. The second-order valence-corrected chi connectivity index (χ2v) is 42.8. The molecule has 17 aromatic carbocycles. The third kappa shape index (κ3) is 19.3. The summed E-state index contributed by atoms with van der Waals surface area (Å²) >= 11 is 0. The molecule has 736 valence electrons. The van der Waals surface area contributed by atoms with Gasteiger partial charge in [0.25, 0.3) is 0 Å². The van der Waals surface area contributed by atoms with Gasteiger partial charge in [0.1, 0.15) is 12.8 Å². The first-order chi connectivity index (χ1) is 72.1. The monoisotopic (exact) mass is 1980 g/mol. The molecule has 0 saturated heterocycles. The van der Waals surface area contributed by atoms with E-state index in [1.165, 1.54) is 167 Å². The number of benzene rings is 17. The maximum Gasteiger partial charge on any atom is 0.210 e. The minimum Gasteiger partial charge on any atom is -0.310 e. The first kappa shape index (κ1) is 95.5. The number of ether oxygens (including phenoxy) is 1. The number of nitrogens with one attached hydrogen (secondary N) is 1. The molecule has 149 heavy (non-hydrogen) atoms. The number of fused-ring (bicyclic) bond motifs is 18. The van der Waals surface area contributed by atoms with Crippen molar-refractivity contribution >= 4 is 140 Å². The van der Waals surface area contributed by atoms with Gasteiger partial charge in [-0.25, -0.2) is 9.88 Å². The number of halogens is 6. The molecule has 0 fully saturated rings. The van der Waals surface area contributed by atoms with Crippen molar-refractivity contribution in [1.29, 1.82) is 0 Å². The van der Waals surface area contributed by atoms with Crippen LogP contribution in [0.3, 0.4) is 0 Å². The predicted molar refractivity (Wildman–Crippen MR) is 606 cm³/mol. The van der Waals surface area contributed by atoms with Crippen molar-refractivity contribution in [2.24, 2.45) is 0 Å². The van der Waals surface area contributed by atoms with Crippen LogP contribution in [0.2, 0.25) is 0 Å². The average molecular weight is 1990 g/mol. The Labute approximate surface area is 861 Å². The minimum absolute atomic E-state index is 0.0968. The Morgan fingerprint density at radius 3 is 1.05 bits per heavy atom. The molecule has 0 saturated carbocycles. The van der Waals surface area contributed by atoms with Crippen LogP contribution >= 0.6 is 7.81 Å². The van der Waals surface area contributed by atoms with Crippen molar-refractivity contribution < 1.29 is 44.0 Å². The number of para-hydroxylation sites is 8. The Morgan fingerprint density at radius 1 is 0.322 bits per heavy atom. The summed E-state index contributed by atoms with van der Waals surface area (Å²) in [5.41, 5.74) is 33.3. The zero-order chi connectivity index (χ0) is 102. The van der Waals surface area contributed by atoms with Gasteiger partial charge in [-0.15, -0.1) is 0 Å². The quantitative estimate of drug-likeness (QED) is 0.0380. The largest absolute Gasteiger partial charge is 0.310 e. The molecule has 0 bridgehead atoms. The van der Waals surface area contributed by atoms with Crippen LogP contribution in [0, 0.1) is 0 Å². The van der Waals surface area contributed by atoms with Gasteiger partial charge in [0.05, 0.1) is 85.3 Å². The number of quaternary nitrogens is 1. The second kappa shape index (κ2) is 38.1. The third-order valence-electron chi connectivity index (χ3n) is 28.9. The average Bonchev–Trinajstić information content (AvgIpc) is 1.57. The van der Waals surface area contributed by atoms with Crippen LogP contribution < -0.4 is 19.1 Å². The van der Waals surface area contributed by atoms with Gasteiger partial charge >= 0.3 is 39.3 Å². The predicted octanol–water partition coefficient (Wildman–Crippen LogP) is 34.6. The smallest absolute Gasteiger partial charge is 0.210 e. The van der Waals surface area contributed by atoms with Crippen molar-refractivity contribution in [2.75, 3.05) is 25.1 Å². The van der Waals surface area contributed by atoms with Gasteiger partial charge in [0.15, 0.2) is 18.6 Å². The number of rotatable bonds is 19. The number of pyridine rings is 2. The minimum atomic E-state index is -10.7. The van der Waals surface area contributed by atoms with Gasteiger partial charge in [0, 0.05) is 128 Å². The molecular weight excluding hydrogens is 1870 g/mol. The molecule has 26 rings (SSSR count). The fourth-order valence-corrected chi connectivity index (χ4v) is 21.9. The van der Waals surface area contributed by atoms with E-state index in [0.29, 0.717) is 0 Å². The summed E-state index contributed by atoms with van der Waals surface area (Å²) in [5, 5.41) is 12.7. The summed E-state index contributed by atoms with van der Waals surface area (Å²) in [6.07, 6.45) is 15.7. The van der Waals surface area contributed by atoms with E-state index in [1.54, 1.807) is 0 Å². The van der Waals surface area contributed by atoms with Crippen molar-refractivity contribution in [3.05, 3.63) is 478 Å². The van der Waals surface area contributed by atoms with E-state index in [9.17, 15) is 25.2 Å². The van der Waals surface area contributed by atoms with E-state index in [0.717, 1.165) is 93.3 Å². The van der Waals surface area contributed by atoms with E-state index in [4.69, 9.17) is 9.72 Å². The number of aromatic nitrogens is 7. The zero-order valence-corrected chi connectivity index (χ0v) is 84.7. The summed E-state index contributed by atoms with van der Waals surface area (Å²) < 4.78 is 81.8. The van der Waals surface area contributed by atoms with Gasteiger partial charge < -0.3 is 32.5 Å². The molecule has 0 radical (unpaired) electrons. The van der Waals surface area contributed by atoms with Crippen LogP contribution in [0.25, 0.3) is 171 Å². The Bertz CT molecular complexity index is 8610. The van der Waals surface area contributed by atoms with Crippen LogP contribution in [0.4, 0.5) is 42.2 Å². The molecular formula is C131H111F6N10OP+2. The summed E-state index contributed by atoms with van der Waals surface area (Å²) in [6.45, 7) is 15.7. The normalized spacial score (nSPS) is 13.6. The Balaban J connectivity index is 0.000000121. The number of anilines is 3. The SMILES string of the molecule is C[N+]1=C[NH+](CCCCCCOc2cccc(-n3c4ccc(C(C)(C)C)cc4c4cc(C(C)(C)C)ccc43)c2)C=C1.F[P-](F)(F)(F)(F)F.c1cc(-c2cccc(-c3ccc[n+](C4c5ccccc5-c5ccccc54)c3)n2)cc(-n2c3ccccc3c3ccccc32)c1.c1ccc2c(c1)c1ccccc1n2-c1ccc(N(c2ccc(-n3c4ccccc4c4ccccc43)cc2)c2ccc(-n3c4ccccc4c4ccccc43)cc2)cc1. The topological polar surface area (TPSA) is 61.3 Å².